The van der Waals surface area contributed by atoms with Crippen molar-refractivity contribution in [1.82, 2.24) is 0 Å². The lowest BCUT2D eigenvalue weighted by Crippen LogP contribution is -2.36. The van der Waals surface area contributed by atoms with E-state index >= 15 is 0 Å². The number of hydrogen-bond acceptors (Lipinski definition) is 3. The van der Waals surface area contributed by atoms with Crippen molar-refractivity contribution in [3.05, 3.63) is 35.5 Å². The van der Waals surface area contributed by atoms with Crippen LogP contribution in [0.4, 0.5) is 0 Å². The lowest BCUT2D eigenvalue weighted by atomic mass is 9.60. The summed E-state index contributed by atoms with van der Waals surface area (Å²) in [6, 6.07) is 0. The third kappa shape index (κ3) is 5.06. The number of hydrogen-bond donors (Lipinski definition) is 3. The van der Waals surface area contributed by atoms with Crippen molar-refractivity contribution < 1.29 is 15.3 Å². The van der Waals surface area contributed by atoms with Gasteiger partial charge in [0.25, 0.3) is 0 Å². The van der Waals surface area contributed by atoms with Gasteiger partial charge in [-0.1, -0.05) is 57.4 Å². The number of rotatable bonds is 7. The maximum Gasteiger partial charge on any atom is 0.0811 e. The summed E-state index contributed by atoms with van der Waals surface area (Å²) >= 11 is 0. The van der Waals surface area contributed by atoms with E-state index in [9.17, 15) is 10.2 Å². The third-order valence-corrected chi connectivity index (χ3v) is 8.31. The molecule has 3 aliphatic carbocycles. The normalized spacial score (nSPS) is 39.1. The molecule has 0 aromatic rings. The van der Waals surface area contributed by atoms with Gasteiger partial charge < -0.3 is 15.3 Å². The Morgan fingerprint density at radius 2 is 1.97 bits per heavy atom. The molecular formula is C26H42O3. The van der Waals surface area contributed by atoms with Gasteiger partial charge in [0.05, 0.1) is 12.2 Å². The lowest BCUT2D eigenvalue weighted by Gasteiger charge is -2.44. The standard InChI is InChI=1S/C26H42O3/c1-18(8-5-4-6-15-27)23-12-13-24-20(9-7-14-26(23,24)3)10-11-21-16-22(28)17-25(29)19(21)2/h10-11,18,22-25,27-29H,2,4-9,12-17H2,1,3H3/b20-10+,21-11-/t18-,22-,23-,24+,25+,26-/m1/s1. The van der Waals surface area contributed by atoms with E-state index in [1.807, 2.05) is 0 Å². The summed E-state index contributed by atoms with van der Waals surface area (Å²) in [6.07, 6.45) is 15.4. The Morgan fingerprint density at radius 3 is 2.72 bits per heavy atom. The zero-order valence-corrected chi connectivity index (χ0v) is 18.6. The van der Waals surface area contributed by atoms with Gasteiger partial charge in [0.2, 0.25) is 0 Å². The van der Waals surface area contributed by atoms with Crippen molar-refractivity contribution in [3.63, 3.8) is 0 Å². The summed E-state index contributed by atoms with van der Waals surface area (Å²) < 4.78 is 0. The minimum Gasteiger partial charge on any atom is -0.396 e. The minimum atomic E-state index is -0.609. The Labute approximate surface area is 177 Å². The van der Waals surface area contributed by atoms with E-state index in [-0.39, 0.29) is 0 Å². The molecule has 0 radical (unpaired) electrons. The molecule has 0 unspecified atom stereocenters. The van der Waals surface area contributed by atoms with E-state index < -0.39 is 12.2 Å². The number of allylic oxidation sites excluding steroid dienone is 3. The highest BCUT2D eigenvalue weighted by atomic mass is 16.3. The monoisotopic (exact) mass is 402 g/mol. The smallest absolute Gasteiger partial charge is 0.0811 e. The van der Waals surface area contributed by atoms with Crippen molar-refractivity contribution in [3.8, 4) is 0 Å². The van der Waals surface area contributed by atoms with Crippen LogP contribution in [0.25, 0.3) is 0 Å². The first-order valence-corrected chi connectivity index (χ1v) is 11.9. The van der Waals surface area contributed by atoms with E-state index in [0.717, 1.165) is 35.8 Å². The first-order valence-electron chi connectivity index (χ1n) is 11.9. The Balaban J connectivity index is 1.70. The summed E-state index contributed by atoms with van der Waals surface area (Å²) in [6.45, 7) is 9.36. The summed E-state index contributed by atoms with van der Waals surface area (Å²) in [4.78, 5) is 0. The predicted octanol–water partition coefficient (Wildman–Crippen LogP) is 5.32. The van der Waals surface area contributed by atoms with Crippen LogP contribution in [0.1, 0.15) is 84.5 Å². The maximum atomic E-state index is 10.1. The van der Waals surface area contributed by atoms with Crippen LogP contribution in [-0.4, -0.2) is 34.1 Å². The van der Waals surface area contributed by atoms with Gasteiger partial charge in [-0.2, -0.15) is 0 Å². The lowest BCUT2D eigenvalue weighted by molar-refractivity contribution is 0.0861. The second-order valence-electron chi connectivity index (χ2n) is 10.2. The molecule has 6 atom stereocenters. The maximum absolute atomic E-state index is 10.1. The molecule has 0 spiro atoms. The fourth-order valence-electron chi connectivity index (χ4n) is 6.64. The van der Waals surface area contributed by atoms with Crippen LogP contribution in [0.15, 0.2) is 35.5 Å². The van der Waals surface area contributed by atoms with Gasteiger partial charge >= 0.3 is 0 Å². The molecule has 3 nitrogen and oxygen atoms in total. The summed E-state index contributed by atoms with van der Waals surface area (Å²) in [7, 11) is 0. The molecule has 3 N–H and O–H groups in total. The first-order chi connectivity index (χ1) is 13.9. The second kappa shape index (κ2) is 9.94. The van der Waals surface area contributed by atoms with E-state index in [4.69, 9.17) is 5.11 Å². The first kappa shape index (κ1) is 22.8. The molecule has 0 aromatic carbocycles. The van der Waals surface area contributed by atoms with Crippen LogP contribution in [0.5, 0.6) is 0 Å². The average molecular weight is 403 g/mol. The van der Waals surface area contributed by atoms with Crippen LogP contribution in [0, 0.1) is 23.2 Å². The summed E-state index contributed by atoms with van der Waals surface area (Å²) in [5.41, 5.74) is 3.78. The fraction of sp³-hybridized carbons (Fsp3) is 0.769. The van der Waals surface area contributed by atoms with Crippen molar-refractivity contribution >= 4 is 0 Å². The van der Waals surface area contributed by atoms with E-state index in [1.165, 1.54) is 44.9 Å². The summed E-state index contributed by atoms with van der Waals surface area (Å²) in [5.74, 6) is 2.22. The van der Waals surface area contributed by atoms with Crippen LogP contribution in [-0.2, 0) is 0 Å². The summed E-state index contributed by atoms with van der Waals surface area (Å²) in [5, 5.41) is 29.1. The highest BCUT2D eigenvalue weighted by Crippen LogP contribution is 2.59. The fourth-order valence-corrected chi connectivity index (χ4v) is 6.64. The molecule has 3 fully saturated rings. The van der Waals surface area contributed by atoms with E-state index in [1.54, 1.807) is 5.57 Å². The van der Waals surface area contributed by atoms with Gasteiger partial charge in [0.15, 0.2) is 0 Å². The number of unbranched alkanes of at least 4 members (excludes halogenated alkanes) is 2. The molecule has 3 heteroatoms. The molecule has 3 aliphatic rings. The number of aliphatic hydroxyl groups is 3. The predicted molar refractivity (Wildman–Crippen MR) is 119 cm³/mol. The molecular weight excluding hydrogens is 360 g/mol. The average Bonchev–Trinajstić information content (AvgIpc) is 3.04. The van der Waals surface area contributed by atoms with Crippen LogP contribution >= 0.6 is 0 Å². The van der Waals surface area contributed by atoms with Gasteiger partial charge in [-0.25, -0.2) is 0 Å². The molecule has 164 valence electrons. The van der Waals surface area contributed by atoms with Crippen molar-refractivity contribution in [2.45, 2.75) is 96.7 Å². The Kier molecular flexibility index (Phi) is 7.81. The van der Waals surface area contributed by atoms with Crippen molar-refractivity contribution in [1.29, 1.82) is 0 Å². The molecule has 0 aliphatic heterocycles. The van der Waals surface area contributed by atoms with Gasteiger partial charge in [0, 0.05) is 13.0 Å². The van der Waals surface area contributed by atoms with E-state index in [2.05, 4.69) is 32.6 Å². The largest absolute Gasteiger partial charge is 0.396 e. The molecule has 0 aromatic heterocycles. The van der Waals surface area contributed by atoms with Crippen LogP contribution < -0.4 is 0 Å². The van der Waals surface area contributed by atoms with E-state index in [0.29, 0.717) is 30.8 Å². The molecule has 3 rings (SSSR count). The molecule has 3 saturated carbocycles. The van der Waals surface area contributed by atoms with Crippen molar-refractivity contribution in [2.24, 2.45) is 23.2 Å². The topological polar surface area (TPSA) is 60.7 Å². The SMILES string of the molecule is C=C1/C(=C\C=C2/CCC[C@]3(C)[C@@H]([C@H](C)CCCCCO)CC[C@@H]23)C[C@@H](O)C[C@@H]1O. The van der Waals surface area contributed by atoms with Gasteiger partial charge in [-0.05, 0) is 79.3 Å². The van der Waals surface area contributed by atoms with Crippen LogP contribution in [0.3, 0.4) is 0 Å². The van der Waals surface area contributed by atoms with Crippen LogP contribution in [0.2, 0.25) is 0 Å². The molecule has 29 heavy (non-hydrogen) atoms. The molecule has 0 bridgehead atoms. The highest BCUT2D eigenvalue weighted by Gasteiger charge is 2.50. The Morgan fingerprint density at radius 1 is 1.17 bits per heavy atom. The van der Waals surface area contributed by atoms with Gasteiger partial charge in [0.1, 0.15) is 0 Å². The molecule has 0 saturated heterocycles. The number of aliphatic hydroxyl groups excluding tert-OH is 3. The quantitative estimate of drug-likeness (QED) is 0.505. The van der Waals surface area contributed by atoms with Gasteiger partial charge in [-0.3, -0.25) is 0 Å². The highest BCUT2D eigenvalue weighted by molar-refractivity contribution is 5.38. The second-order valence-corrected chi connectivity index (χ2v) is 10.2. The van der Waals surface area contributed by atoms with Crippen molar-refractivity contribution in [2.75, 3.05) is 6.61 Å². The zero-order valence-electron chi connectivity index (χ0n) is 18.6. The Hall–Kier alpha value is -0.900. The molecule has 0 heterocycles. The molecule has 0 amide bonds. The third-order valence-electron chi connectivity index (χ3n) is 8.31. The Bertz CT molecular complexity index is 634. The zero-order chi connectivity index (χ0) is 21.0. The van der Waals surface area contributed by atoms with Gasteiger partial charge in [-0.15, -0.1) is 0 Å². The number of fused-ring (bicyclic) bond motifs is 1. The minimum absolute atomic E-state index is 0.321.